The molecule has 0 spiro atoms. The maximum absolute atomic E-state index is 12.9. The largest absolute Gasteiger partial charge is 0.312 e. The van der Waals surface area contributed by atoms with Gasteiger partial charge < -0.3 is 4.90 Å². The molecule has 5 nitrogen and oxygen atoms in total. The van der Waals surface area contributed by atoms with Crippen LogP contribution in [0.1, 0.15) is 23.2 Å². The molecule has 2 heterocycles. The SMILES string of the molecule is CN(C(=O)c1cccc(N2CCCC2=O)c1)c1ccc2ccccc2n1. The van der Waals surface area contributed by atoms with E-state index in [0.29, 0.717) is 24.3 Å². The van der Waals surface area contributed by atoms with Crippen LogP contribution in [0.4, 0.5) is 11.5 Å². The number of benzene rings is 2. The average Bonchev–Trinajstić information content (AvgIpc) is 3.12. The first kappa shape index (κ1) is 16.3. The third kappa shape index (κ3) is 2.92. The van der Waals surface area contributed by atoms with Gasteiger partial charge in [0.05, 0.1) is 5.52 Å². The molecule has 26 heavy (non-hydrogen) atoms. The van der Waals surface area contributed by atoms with Crippen LogP contribution in [0, 0.1) is 0 Å². The first-order valence-electron chi connectivity index (χ1n) is 8.68. The molecule has 1 fully saturated rings. The van der Waals surface area contributed by atoms with Crippen LogP contribution in [0.3, 0.4) is 0 Å². The Hall–Kier alpha value is -3.21. The Kier molecular flexibility index (Phi) is 4.13. The van der Waals surface area contributed by atoms with Gasteiger partial charge in [0.1, 0.15) is 5.82 Å². The summed E-state index contributed by atoms with van der Waals surface area (Å²) < 4.78 is 0. The van der Waals surface area contributed by atoms with Crippen LogP contribution in [0.15, 0.2) is 60.7 Å². The fourth-order valence-electron chi connectivity index (χ4n) is 3.27. The van der Waals surface area contributed by atoms with Crippen molar-refractivity contribution in [2.45, 2.75) is 12.8 Å². The molecule has 0 atom stereocenters. The molecular weight excluding hydrogens is 326 g/mol. The molecule has 0 unspecified atom stereocenters. The van der Waals surface area contributed by atoms with E-state index in [-0.39, 0.29) is 11.8 Å². The lowest BCUT2D eigenvalue weighted by atomic mass is 10.1. The zero-order valence-corrected chi connectivity index (χ0v) is 14.6. The number of hydrogen-bond acceptors (Lipinski definition) is 3. The Labute approximate surface area is 151 Å². The van der Waals surface area contributed by atoms with E-state index in [1.807, 2.05) is 48.5 Å². The molecule has 130 valence electrons. The van der Waals surface area contributed by atoms with E-state index in [0.717, 1.165) is 23.0 Å². The maximum atomic E-state index is 12.9. The van der Waals surface area contributed by atoms with E-state index in [4.69, 9.17) is 0 Å². The normalized spacial score (nSPS) is 14.0. The third-order valence-electron chi connectivity index (χ3n) is 4.71. The van der Waals surface area contributed by atoms with Gasteiger partial charge in [-0.2, -0.15) is 0 Å². The van der Waals surface area contributed by atoms with Crippen LogP contribution < -0.4 is 9.80 Å². The second-order valence-electron chi connectivity index (χ2n) is 6.43. The third-order valence-corrected chi connectivity index (χ3v) is 4.71. The predicted molar refractivity (Wildman–Crippen MR) is 103 cm³/mol. The second-order valence-corrected chi connectivity index (χ2v) is 6.43. The van der Waals surface area contributed by atoms with Crippen molar-refractivity contribution < 1.29 is 9.59 Å². The number of amides is 2. The molecule has 1 aliphatic rings. The number of carbonyl (C=O) groups is 2. The molecule has 0 radical (unpaired) electrons. The van der Waals surface area contributed by atoms with Gasteiger partial charge in [0.25, 0.3) is 5.91 Å². The van der Waals surface area contributed by atoms with Crippen LogP contribution in [-0.4, -0.2) is 30.4 Å². The number of anilines is 2. The van der Waals surface area contributed by atoms with Crippen LogP contribution in [-0.2, 0) is 4.79 Å². The molecule has 3 aromatic rings. The van der Waals surface area contributed by atoms with Gasteiger partial charge in [-0.15, -0.1) is 0 Å². The van der Waals surface area contributed by atoms with Crippen molar-refractivity contribution in [3.63, 3.8) is 0 Å². The summed E-state index contributed by atoms with van der Waals surface area (Å²) in [5.74, 6) is 0.553. The number of fused-ring (bicyclic) bond motifs is 1. The number of rotatable bonds is 3. The number of aromatic nitrogens is 1. The highest BCUT2D eigenvalue weighted by molar-refractivity contribution is 6.07. The Morgan fingerprint density at radius 2 is 1.92 bits per heavy atom. The molecule has 4 rings (SSSR count). The van der Waals surface area contributed by atoms with Crippen LogP contribution in [0.25, 0.3) is 10.9 Å². The molecule has 0 aliphatic carbocycles. The fourth-order valence-corrected chi connectivity index (χ4v) is 3.27. The van der Waals surface area contributed by atoms with Gasteiger partial charge in [-0.3, -0.25) is 14.5 Å². The minimum atomic E-state index is -0.152. The molecule has 0 saturated carbocycles. The first-order valence-corrected chi connectivity index (χ1v) is 8.68. The highest BCUT2D eigenvalue weighted by Crippen LogP contribution is 2.24. The molecule has 5 heteroatoms. The quantitative estimate of drug-likeness (QED) is 0.728. The van der Waals surface area contributed by atoms with Crippen molar-refractivity contribution in [1.82, 2.24) is 4.98 Å². The van der Waals surface area contributed by atoms with E-state index in [2.05, 4.69) is 4.98 Å². The summed E-state index contributed by atoms with van der Waals surface area (Å²) in [6, 6.07) is 18.8. The van der Waals surface area contributed by atoms with Crippen molar-refractivity contribution in [3.8, 4) is 0 Å². The van der Waals surface area contributed by atoms with Crippen molar-refractivity contribution in [2.24, 2.45) is 0 Å². The van der Waals surface area contributed by atoms with Crippen molar-refractivity contribution >= 4 is 34.2 Å². The van der Waals surface area contributed by atoms with Gasteiger partial charge in [0.2, 0.25) is 5.91 Å². The summed E-state index contributed by atoms with van der Waals surface area (Å²) in [4.78, 5) is 32.7. The van der Waals surface area contributed by atoms with Crippen molar-refractivity contribution in [2.75, 3.05) is 23.4 Å². The van der Waals surface area contributed by atoms with E-state index in [9.17, 15) is 9.59 Å². The molecule has 2 amide bonds. The standard InChI is InChI=1S/C21H19N3O2/c1-23(19-12-11-15-6-2-3-9-18(15)22-19)21(26)16-7-4-8-17(14-16)24-13-5-10-20(24)25/h2-4,6-9,11-12,14H,5,10,13H2,1H3. The van der Waals surface area contributed by atoms with Crippen molar-refractivity contribution in [3.05, 3.63) is 66.2 Å². The Balaban J connectivity index is 1.62. The van der Waals surface area contributed by atoms with Crippen LogP contribution >= 0.6 is 0 Å². The lowest BCUT2D eigenvalue weighted by Crippen LogP contribution is -2.28. The lowest BCUT2D eigenvalue weighted by Gasteiger charge is -2.19. The monoisotopic (exact) mass is 345 g/mol. The first-order chi connectivity index (χ1) is 12.6. The van der Waals surface area contributed by atoms with Crippen LogP contribution in [0.5, 0.6) is 0 Å². The Bertz CT molecular complexity index is 999. The summed E-state index contributed by atoms with van der Waals surface area (Å²) >= 11 is 0. The predicted octanol–water partition coefficient (Wildman–Crippen LogP) is 3.64. The van der Waals surface area contributed by atoms with Crippen molar-refractivity contribution in [1.29, 1.82) is 0 Å². The summed E-state index contributed by atoms with van der Waals surface area (Å²) in [5, 5.41) is 1.03. The van der Waals surface area contributed by atoms with Gasteiger partial charge in [0.15, 0.2) is 0 Å². The molecule has 1 saturated heterocycles. The number of carbonyl (C=O) groups excluding carboxylic acids is 2. The van der Waals surface area contributed by atoms with Crippen LogP contribution in [0.2, 0.25) is 0 Å². The molecule has 0 bridgehead atoms. The summed E-state index contributed by atoms with van der Waals surface area (Å²) in [6.07, 6.45) is 1.43. The van der Waals surface area contributed by atoms with Gasteiger partial charge in [-0.1, -0.05) is 24.3 Å². The van der Waals surface area contributed by atoms with E-state index in [1.165, 1.54) is 4.90 Å². The smallest absolute Gasteiger partial charge is 0.259 e. The fraction of sp³-hybridized carbons (Fsp3) is 0.190. The summed E-state index contributed by atoms with van der Waals surface area (Å²) in [7, 11) is 1.72. The molecular formula is C21H19N3O2. The zero-order chi connectivity index (χ0) is 18.1. The lowest BCUT2D eigenvalue weighted by molar-refractivity contribution is -0.117. The number of nitrogens with zero attached hydrogens (tertiary/aromatic N) is 3. The minimum Gasteiger partial charge on any atom is -0.312 e. The Morgan fingerprint density at radius 3 is 2.73 bits per heavy atom. The molecule has 1 aromatic heterocycles. The summed E-state index contributed by atoms with van der Waals surface area (Å²) in [5.41, 5.74) is 2.17. The van der Waals surface area contributed by atoms with E-state index >= 15 is 0 Å². The highest BCUT2D eigenvalue weighted by Gasteiger charge is 2.23. The zero-order valence-electron chi connectivity index (χ0n) is 14.6. The molecule has 2 aromatic carbocycles. The average molecular weight is 345 g/mol. The van der Waals surface area contributed by atoms with E-state index < -0.39 is 0 Å². The number of hydrogen-bond donors (Lipinski definition) is 0. The van der Waals surface area contributed by atoms with Gasteiger partial charge >= 0.3 is 0 Å². The van der Waals surface area contributed by atoms with Gasteiger partial charge in [0, 0.05) is 36.7 Å². The number of para-hydroxylation sites is 1. The van der Waals surface area contributed by atoms with Gasteiger partial charge in [-0.05, 0) is 42.8 Å². The van der Waals surface area contributed by atoms with E-state index in [1.54, 1.807) is 24.1 Å². The molecule has 0 N–H and O–H groups in total. The second kappa shape index (κ2) is 6.59. The Morgan fingerprint density at radius 1 is 1.08 bits per heavy atom. The minimum absolute atomic E-state index is 0.110. The van der Waals surface area contributed by atoms with Gasteiger partial charge in [-0.25, -0.2) is 4.98 Å². The summed E-state index contributed by atoms with van der Waals surface area (Å²) in [6.45, 7) is 0.707. The number of pyridine rings is 1. The highest BCUT2D eigenvalue weighted by atomic mass is 16.2. The topological polar surface area (TPSA) is 53.5 Å². The maximum Gasteiger partial charge on any atom is 0.259 e. The molecule has 1 aliphatic heterocycles.